The van der Waals surface area contributed by atoms with Crippen LogP contribution in [0.2, 0.25) is 0 Å². The van der Waals surface area contributed by atoms with Crippen molar-refractivity contribution in [2.24, 2.45) is 38.9 Å². The van der Waals surface area contributed by atoms with Gasteiger partial charge in [-0.2, -0.15) is 5.26 Å². The Morgan fingerprint density at radius 2 is 1.67 bits per heavy atom. The molecule has 0 amide bonds. The van der Waals surface area contributed by atoms with Crippen LogP contribution >= 0.6 is 0 Å². The number of carbonyl (C=O) groups is 2. The Kier molecular flexibility index (Phi) is 6.69. The van der Waals surface area contributed by atoms with E-state index in [2.05, 4.69) is 47.6 Å². The molecule has 3 aliphatic carbocycles. The minimum absolute atomic E-state index is 0.0474. The second-order valence-corrected chi connectivity index (χ2v) is 13.9. The van der Waals surface area contributed by atoms with E-state index in [0.29, 0.717) is 16.7 Å². The van der Waals surface area contributed by atoms with Crippen molar-refractivity contribution in [1.29, 1.82) is 5.26 Å². The smallest absolute Gasteiger partial charge is 0.178 e. The van der Waals surface area contributed by atoms with E-state index in [-0.39, 0.29) is 22.7 Å². The molecular formula is C30H45NO2. The first kappa shape index (κ1) is 25.9. The highest BCUT2D eigenvalue weighted by molar-refractivity contribution is 6.04. The zero-order valence-electron chi connectivity index (χ0n) is 22.3. The Hall–Kier alpha value is -1.69. The van der Waals surface area contributed by atoms with Crippen molar-refractivity contribution in [2.75, 3.05) is 0 Å². The number of nitrogens with zero attached hydrogens (tertiary/aromatic N) is 1. The molecule has 3 nitrogen and oxygen atoms in total. The van der Waals surface area contributed by atoms with Crippen molar-refractivity contribution in [3.05, 3.63) is 23.3 Å². The molecule has 0 aliphatic heterocycles. The maximum absolute atomic E-state index is 13.0. The normalized spacial score (nSPS) is 40.0. The number of rotatable bonds is 4. The lowest BCUT2D eigenvalue weighted by Gasteiger charge is -2.59. The summed E-state index contributed by atoms with van der Waals surface area (Å²) < 4.78 is 0. The summed E-state index contributed by atoms with van der Waals surface area (Å²) in [6, 6.07) is 2.17. The van der Waals surface area contributed by atoms with Crippen LogP contribution < -0.4 is 0 Å². The quantitative estimate of drug-likeness (QED) is 0.326. The van der Waals surface area contributed by atoms with Gasteiger partial charge in [0.25, 0.3) is 0 Å². The maximum Gasteiger partial charge on any atom is 0.178 e. The molecule has 3 rings (SSSR count). The fourth-order valence-electron chi connectivity index (χ4n) is 7.66. The molecule has 0 bridgehead atoms. The summed E-state index contributed by atoms with van der Waals surface area (Å²) in [4.78, 5) is 24.9. The van der Waals surface area contributed by atoms with Crippen LogP contribution in [0.5, 0.6) is 0 Å². The first-order valence-corrected chi connectivity index (χ1v) is 13.0. The summed E-state index contributed by atoms with van der Waals surface area (Å²) in [5, 5.41) is 9.73. The highest BCUT2D eigenvalue weighted by atomic mass is 16.1. The van der Waals surface area contributed by atoms with Gasteiger partial charge < -0.3 is 0 Å². The molecule has 2 saturated carbocycles. The van der Waals surface area contributed by atoms with Crippen LogP contribution in [-0.2, 0) is 9.59 Å². The molecule has 0 N–H and O–H groups in total. The molecule has 0 heterocycles. The van der Waals surface area contributed by atoms with Gasteiger partial charge in [-0.15, -0.1) is 0 Å². The van der Waals surface area contributed by atoms with E-state index in [9.17, 15) is 14.9 Å². The van der Waals surface area contributed by atoms with Crippen molar-refractivity contribution >= 4 is 12.1 Å². The number of ketones is 1. The fraction of sp³-hybridized carbons (Fsp3) is 0.767. The van der Waals surface area contributed by atoms with Crippen molar-refractivity contribution < 1.29 is 9.59 Å². The van der Waals surface area contributed by atoms with Gasteiger partial charge in [-0.05, 0) is 85.5 Å². The second kappa shape index (κ2) is 8.51. The van der Waals surface area contributed by atoms with Crippen molar-refractivity contribution in [3.63, 3.8) is 0 Å². The summed E-state index contributed by atoms with van der Waals surface area (Å²) in [6.45, 7) is 18.0. The average Bonchev–Trinajstić information content (AvgIpc) is 2.72. The first-order valence-electron chi connectivity index (χ1n) is 13.0. The van der Waals surface area contributed by atoms with Crippen LogP contribution in [0.4, 0.5) is 0 Å². The number of Topliss-reactive ketones (excluding diaryl/α,β-unsaturated/α-hetero) is 1. The van der Waals surface area contributed by atoms with Crippen LogP contribution in [0.1, 0.15) is 107 Å². The Bertz CT molecular complexity index is 901. The largest absolute Gasteiger partial charge is 0.299 e. The minimum atomic E-state index is -0.601. The Morgan fingerprint density at radius 3 is 2.18 bits per heavy atom. The van der Waals surface area contributed by atoms with Crippen LogP contribution in [0, 0.1) is 50.2 Å². The van der Waals surface area contributed by atoms with Crippen LogP contribution in [-0.4, -0.2) is 12.1 Å². The summed E-state index contributed by atoms with van der Waals surface area (Å²) in [5.41, 5.74) is 1.07. The zero-order chi connectivity index (χ0) is 24.9. The molecular weight excluding hydrogens is 406 g/mol. The lowest BCUT2D eigenvalue weighted by molar-refractivity contribution is -0.131. The molecule has 33 heavy (non-hydrogen) atoms. The van der Waals surface area contributed by atoms with Crippen LogP contribution in [0.3, 0.4) is 0 Å². The Labute approximate surface area is 202 Å². The highest BCUT2D eigenvalue weighted by Crippen LogP contribution is 2.65. The molecule has 0 saturated heterocycles. The lowest BCUT2D eigenvalue weighted by atomic mass is 9.43. The molecule has 3 aliphatic rings. The van der Waals surface area contributed by atoms with Gasteiger partial charge >= 0.3 is 0 Å². The van der Waals surface area contributed by atoms with Gasteiger partial charge in [0.05, 0.1) is 5.57 Å². The van der Waals surface area contributed by atoms with Gasteiger partial charge in [0.15, 0.2) is 5.78 Å². The third-order valence-corrected chi connectivity index (χ3v) is 9.94. The first-order chi connectivity index (χ1) is 15.1. The number of aldehydes is 1. The van der Waals surface area contributed by atoms with Crippen molar-refractivity contribution in [2.45, 2.75) is 107 Å². The maximum atomic E-state index is 13.0. The molecule has 0 aromatic carbocycles. The Balaban J connectivity index is 1.93. The van der Waals surface area contributed by atoms with E-state index in [4.69, 9.17) is 0 Å². The van der Waals surface area contributed by atoms with Crippen LogP contribution in [0.15, 0.2) is 23.3 Å². The van der Waals surface area contributed by atoms with Gasteiger partial charge in [-0.1, -0.05) is 67.0 Å². The standard InChI is InChI=1S/C30H45NO2/c1-26(2,3)16-17-28(6)13-9-22(10-14-28)29(7)15-11-23-27(4,5)25(33)21(20-31)19-30(23,8)24(29)12-18-32/h12,18-19,22-23H,9-11,13-17H2,1-8H3/b24-12+. The molecule has 0 spiro atoms. The third kappa shape index (κ3) is 4.52. The molecule has 3 atom stereocenters. The number of hydrogen-bond acceptors (Lipinski definition) is 3. The summed E-state index contributed by atoms with van der Waals surface area (Å²) in [5.74, 6) is 0.590. The van der Waals surface area contributed by atoms with E-state index >= 15 is 0 Å². The second-order valence-electron chi connectivity index (χ2n) is 13.9. The predicted molar refractivity (Wildman–Crippen MR) is 134 cm³/mol. The number of allylic oxidation sites excluding steroid dienone is 4. The van der Waals surface area contributed by atoms with E-state index in [1.54, 1.807) is 6.08 Å². The van der Waals surface area contributed by atoms with Gasteiger partial charge in [0.2, 0.25) is 0 Å². The van der Waals surface area contributed by atoms with Crippen molar-refractivity contribution in [3.8, 4) is 6.07 Å². The molecule has 0 aromatic rings. The number of carbonyl (C=O) groups excluding carboxylic acids is 2. The molecule has 0 aromatic heterocycles. The van der Waals surface area contributed by atoms with E-state index < -0.39 is 10.8 Å². The molecule has 0 radical (unpaired) electrons. The summed E-state index contributed by atoms with van der Waals surface area (Å²) >= 11 is 0. The van der Waals surface area contributed by atoms with E-state index in [1.165, 1.54) is 38.5 Å². The van der Waals surface area contributed by atoms with Gasteiger partial charge in [-0.25, -0.2) is 0 Å². The van der Waals surface area contributed by atoms with Gasteiger partial charge in [0.1, 0.15) is 12.4 Å². The topological polar surface area (TPSA) is 57.9 Å². The molecule has 2 fully saturated rings. The zero-order valence-corrected chi connectivity index (χ0v) is 22.3. The summed E-state index contributed by atoms with van der Waals surface area (Å²) in [6.07, 6.45) is 14.0. The number of fused-ring (bicyclic) bond motifs is 1. The fourth-order valence-corrected chi connectivity index (χ4v) is 7.66. The lowest BCUT2D eigenvalue weighted by Crippen LogP contribution is -2.54. The average molecular weight is 452 g/mol. The van der Waals surface area contributed by atoms with Gasteiger partial charge in [-0.3, -0.25) is 9.59 Å². The molecule has 182 valence electrons. The number of hydrogen-bond donors (Lipinski definition) is 0. The van der Waals surface area contributed by atoms with Crippen molar-refractivity contribution in [1.82, 2.24) is 0 Å². The highest BCUT2D eigenvalue weighted by Gasteiger charge is 2.59. The summed E-state index contributed by atoms with van der Waals surface area (Å²) in [7, 11) is 0. The number of nitriles is 1. The van der Waals surface area contributed by atoms with Gasteiger partial charge in [0, 0.05) is 10.8 Å². The monoisotopic (exact) mass is 451 g/mol. The van der Waals surface area contributed by atoms with E-state index in [0.717, 1.165) is 24.7 Å². The van der Waals surface area contributed by atoms with E-state index in [1.807, 2.05) is 19.9 Å². The Morgan fingerprint density at radius 1 is 1.06 bits per heavy atom. The van der Waals surface area contributed by atoms with Crippen LogP contribution in [0.25, 0.3) is 0 Å². The minimum Gasteiger partial charge on any atom is -0.299 e. The molecule has 3 heteroatoms. The predicted octanol–water partition coefficient (Wildman–Crippen LogP) is 7.62. The SMILES string of the molecule is CC(C)(C)CCC1(C)CCC(C2(C)CCC3C(C)(C)C(=O)C(C#N)=CC3(C)/C2=C/C=O)CC1. The third-order valence-electron chi connectivity index (χ3n) is 9.94. The molecule has 3 unspecified atom stereocenters.